The maximum atomic E-state index is 11.9. The molecule has 0 N–H and O–H groups in total. The average Bonchev–Trinajstić information content (AvgIpc) is 2.76. The zero-order valence-electron chi connectivity index (χ0n) is 20.1. The van der Waals surface area contributed by atoms with Gasteiger partial charge in [0.05, 0.1) is 32.7 Å². The molecule has 1 atom stereocenters. The fraction of sp³-hybridized carbons (Fsp3) is 0.423. The Morgan fingerprint density at radius 3 is 2.56 bits per heavy atom. The summed E-state index contributed by atoms with van der Waals surface area (Å²) in [7, 11) is 2.83. The molecule has 1 aliphatic heterocycles. The van der Waals surface area contributed by atoms with Crippen molar-refractivity contribution < 1.29 is 28.5 Å². The third-order valence-corrected chi connectivity index (χ3v) is 5.08. The van der Waals surface area contributed by atoms with Crippen LogP contribution < -0.4 is 9.47 Å². The van der Waals surface area contributed by atoms with E-state index in [2.05, 4.69) is 13.8 Å². The summed E-state index contributed by atoms with van der Waals surface area (Å²) in [4.78, 5) is 11.9. The van der Waals surface area contributed by atoms with E-state index < -0.39 is 11.8 Å². The lowest BCUT2D eigenvalue weighted by Gasteiger charge is -2.40. The van der Waals surface area contributed by atoms with Gasteiger partial charge in [0.1, 0.15) is 0 Å². The highest BCUT2D eigenvalue weighted by atomic mass is 16.7. The van der Waals surface area contributed by atoms with E-state index in [1.165, 1.54) is 26.1 Å². The molecule has 0 aliphatic carbocycles. The summed E-state index contributed by atoms with van der Waals surface area (Å²) in [5, 5.41) is 0. The van der Waals surface area contributed by atoms with Gasteiger partial charge in [0.15, 0.2) is 18.1 Å². The second-order valence-corrected chi connectivity index (χ2v) is 8.12. The van der Waals surface area contributed by atoms with Crippen LogP contribution in [-0.4, -0.2) is 39.2 Å². The lowest BCUT2D eigenvalue weighted by molar-refractivity contribution is -0.231. The van der Waals surface area contributed by atoms with Crippen molar-refractivity contribution in [3.05, 3.63) is 65.0 Å². The molecule has 0 aromatic heterocycles. The Bertz CT molecular complexity index is 918. The number of methoxy groups -OCH3 is 2. The maximum absolute atomic E-state index is 11.9. The van der Waals surface area contributed by atoms with Crippen LogP contribution in [0.5, 0.6) is 11.5 Å². The Balaban J connectivity index is 2.21. The van der Waals surface area contributed by atoms with Gasteiger partial charge in [-0.1, -0.05) is 49.8 Å². The highest BCUT2D eigenvalue weighted by Gasteiger charge is 2.42. The zero-order chi connectivity index (χ0) is 23.7. The summed E-state index contributed by atoms with van der Waals surface area (Å²) >= 11 is 0. The monoisotopic (exact) mass is 442 g/mol. The van der Waals surface area contributed by atoms with Gasteiger partial charge in [-0.25, -0.2) is 4.79 Å². The van der Waals surface area contributed by atoms with Crippen LogP contribution in [0.4, 0.5) is 0 Å². The first-order valence-electron chi connectivity index (χ1n) is 10.6. The molecule has 1 aliphatic rings. The smallest absolute Gasteiger partial charge is 0.341 e. The van der Waals surface area contributed by atoms with Gasteiger partial charge in [0.25, 0.3) is 0 Å². The van der Waals surface area contributed by atoms with E-state index in [1.807, 2.05) is 63.3 Å². The quantitative estimate of drug-likeness (QED) is 0.166. The van der Waals surface area contributed by atoms with Gasteiger partial charge in [-0.2, -0.15) is 0 Å². The van der Waals surface area contributed by atoms with Gasteiger partial charge in [0, 0.05) is 5.92 Å². The Kier molecular flexibility index (Phi) is 9.14. The third-order valence-electron chi connectivity index (χ3n) is 5.08. The minimum absolute atomic E-state index is 0.0929. The highest BCUT2D eigenvalue weighted by Crippen LogP contribution is 2.39. The molecule has 0 spiro atoms. The fourth-order valence-corrected chi connectivity index (χ4v) is 3.02. The second kappa shape index (κ2) is 11.6. The number of hydrogen-bond donors (Lipinski definition) is 0. The van der Waals surface area contributed by atoms with Crippen LogP contribution in [0.25, 0.3) is 6.08 Å². The minimum atomic E-state index is -0.849. The van der Waals surface area contributed by atoms with Crippen LogP contribution in [0.1, 0.15) is 40.2 Å². The SMILES string of the molecule is COC=C(C(=O)OC)C(C)=CC=Cc1ccc2c(c1)OC(OCC=C(C)C)(C(C)C)CO2. The number of esters is 1. The number of benzene rings is 1. The molecule has 1 unspecified atom stereocenters. The molecule has 174 valence electrons. The molecule has 1 aromatic carbocycles. The molecule has 0 saturated heterocycles. The third kappa shape index (κ3) is 6.50. The maximum Gasteiger partial charge on any atom is 0.341 e. The standard InChI is InChI=1S/C26H34O6/c1-18(2)13-14-31-26(19(3)4)17-30-23-12-11-21(15-24(23)32-26)10-8-9-20(5)22(16-28-6)25(27)29-7/h8-13,15-16,19H,14,17H2,1-7H3. The number of hydrogen-bond acceptors (Lipinski definition) is 6. The molecule has 32 heavy (non-hydrogen) atoms. The number of fused-ring (bicyclic) bond motifs is 1. The molecule has 1 heterocycles. The van der Waals surface area contributed by atoms with Crippen molar-refractivity contribution in [3.8, 4) is 11.5 Å². The second-order valence-electron chi connectivity index (χ2n) is 8.12. The van der Waals surface area contributed by atoms with Crippen molar-refractivity contribution in [2.75, 3.05) is 27.4 Å². The predicted octanol–water partition coefficient (Wildman–Crippen LogP) is 5.46. The summed E-state index contributed by atoms with van der Waals surface area (Å²) in [5.74, 6) is 0.117. The van der Waals surface area contributed by atoms with Crippen LogP contribution in [0.2, 0.25) is 0 Å². The van der Waals surface area contributed by atoms with E-state index in [0.29, 0.717) is 30.3 Å². The van der Waals surface area contributed by atoms with E-state index in [-0.39, 0.29) is 5.92 Å². The molecule has 0 saturated carbocycles. The lowest BCUT2D eigenvalue weighted by Crippen LogP contribution is -2.51. The first kappa shape index (κ1) is 25.3. The molecule has 0 radical (unpaired) electrons. The first-order chi connectivity index (χ1) is 15.2. The molecule has 2 rings (SSSR count). The molecule has 1 aromatic rings. The Morgan fingerprint density at radius 2 is 1.94 bits per heavy atom. The van der Waals surface area contributed by atoms with Crippen LogP contribution in [0, 0.1) is 5.92 Å². The topological polar surface area (TPSA) is 63.2 Å². The van der Waals surface area contributed by atoms with Gasteiger partial charge in [-0.15, -0.1) is 0 Å². The van der Waals surface area contributed by atoms with Crippen molar-refractivity contribution in [1.29, 1.82) is 0 Å². The van der Waals surface area contributed by atoms with E-state index in [9.17, 15) is 4.79 Å². The predicted molar refractivity (Wildman–Crippen MR) is 125 cm³/mol. The number of rotatable bonds is 9. The van der Waals surface area contributed by atoms with Gasteiger partial charge < -0.3 is 23.7 Å². The average molecular weight is 443 g/mol. The molecular formula is C26H34O6. The number of carbonyl (C=O) groups is 1. The molecular weight excluding hydrogens is 408 g/mol. The van der Waals surface area contributed by atoms with E-state index in [4.69, 9.17) is 23.7 Å². The number of carbonyl (C=O) groups excluding carboxylic acids is 1. The van der Waals surface area contributed by atoms with Crippen LogP contribution in [0.3, 0.4) is 0 Å². The van der Waals surface area contributed by atoms with Crippen LogP contribution in [0.15, 0.2) is 59.4 Å². The molecule has 6 heteroatoms. The molecule has 0 amide bonds. The fourth-order valence-electron chi connectivity index (χ4n) is 3.02. The Hall–Kier alpha value is -2.99. The number of ether oxygens (including phenoxy) is 5. The molecule has 0 bridgehead atoms. The summed E-state index contributed by atoms with van der Waals surface area (Å²) in [5.41, 5.74) is 3.19. The minimum Gasteiger partial charge on any atom is -0.503 e. The highest BCUT2D eigenvalue weighted by molar-refractivity contribution is 5.93. The normalized spacial score (nSPS) is 18.6. The van der Waals surface area contributed by atoms with Crippen molar-refractivity contribution >= 4 is 12.0 Å². The lowest BCUT2D eigenvalue weighted by atomic mass is 10.0. The van der Waals surface area contributed by atoms with Crippen molar-refractivity contribution in [3.63, 3.8) is 0 Å². The van der Waals surface area contributed by atoms with Crippen molar-refractivity contribution in [1.82, 2.24) is 0 Å². The number of allylic oxidation sites excluding steroid dienone is 3. The van der Waals surface area contributed by atoms with Gasteiger partial charge in [0.2, 0.25) is 5.79 Å². The van der Waals surface area contributed by atoms with Crippen molar-refractivity contribution in [2.45, 2.75) is 40.4 Å². The van der Waals surface area contributed by atoms with Gasteiger partial charge in [-0.3, -0.25) is 0 Å². The summed E-state index contributed by atoms with van der Waals surface area (Å²) in [6, 6.07) is 5.75. The Morgan fingerprint density at radius 1 is 1.19 bits per heavy atom. The van der Waals surface area contributed by atoms with Gasteiger partial charge >= 0.3 is 5.97 Å². The molecule has 6 nitrogen and oxygen atoms in total. The van der Waals surface area contributed by atoms with Gasteiger partial charge in [-0.05, 0) is 44.0 Å². The van der Waals surface area contributed by atoms with E-state index in [0.717, 1.165) is 11.1 Å². The first-order valence-corrected chi connectivity index (χ1v) is 10.6. The summed E-state index contributed by atoms with van der Waals surface area (Å²) in [6.07, 6.45) is 8.99. The van der Waals surface area contributed by atoms with E-state index in [1.54, 1.807) is 0 Å². The Labute approximate surface area is 191 Å². The summed E-state index contributed by atoms with van der Waals surface area (Å²) < 4.78 is 28.2. The molecule has 0 fully saturated rings. The van der Waals surface area contributed by atoms with Crippen LogP contribution >= 0.6 is 0 Å². The zero-order valence-corrected chi connectivity index (χ0v) is 20.1. The van der Waals surface area contributed by atoms with Crippen molar-refractivity contribution in [2.24, 2.45) is 5.92 Å². The summed E-state index contributed by atoms with van der Waals surface area (Å²) in [6.45, 7) is 10.8. The van der Waals surface area contributed by atoms with Crippen LogP contribution in [-0.2, 0) is 19.0 Å². The largest absolute Gasteiger partial charge is 0.503 e. The van der Waals surface area contributed by atoms with E-state index >= 15 is 0 Å².